The van der Waals surface area contributed by atoms with Gasteiger partial charge in [0, 0.05) is 31.6 Å². The van der Waals surface area contributed by atoms with Crippen LogP contribution >= 0.6 is 0 Å². The van der Waals surface area contributed by atoms with E-state index in [0.29, 0.717) is 11.7 Å². The maximum atomic E-state index is 12.6. The number of carbonyl (C=O) groups is 1. The van der Waals surface area contributed by atoms with Gasteiger partial charge in [-0.2, -0.15) is 13.2 Å². The quantitative estimate of drug-likeness (QED) is 0.758. The Hall–Kier alpha value is -2.06. The van der Waals surface area contributed by atoms with Crippen LogP contribution in [0.2, 0.25) is 0 Å². The van der Waals surface area contributed by atoms with Gasteiger partial charge < -0.3 is 14.5 Å². The minimum atomic E-state index is -4.13. The van der Waals surface area contributed by atoms with Crippen LogP contribution in [0.25, 0.3) is 0 Å². The van der Waals surface area contributed by atoms with Crippen LogP contribution in [0, 0.1) is 17.3 Å². The van der Waals surface area contributed by atoms with E-state index in [4.69, 9.17) is 4.74 Å². The first-order valence-corrected chi connectivity index (χ1v) is 10.0. The molecule has 3 heterocycles. The van der Waals surface area contributed by atoms with Crippen molar-refractivity contribution in [2.75, 3.05) is 31.1 Å². The fraction of sp³-hybridized carbons (Fsp3) is 0.750. The molecule has 1 aromatic heterocycles. The lowest BCUT2D eigenvalue weighted by molar-refractivity contribution is -0.180. The van der Waals surface area contributed by atoms with E-state index in [1.54, 1.807) is 22.2 Å². The molecule has 1 amide bonds. The van der Waals surface area contributed by atoms with E-state index in [1.807, 2.05) is 20.8 Å². The number of ether oxygens (including phenoxy) is 1. The topological polar surface area (TPSA) is 58.6 Å². The Labute approximate surface area is 168 Å². The summed E-state index contributed by atoms with van der Waals surface area (Å²) in [6.07, 6.45) is 1.78. The van der Waals surface area contributed by atoms with Gasteiger partial charge in [0.2, 0.25) is 0 Å². The standard InChI is InChI=1S/C20H27F3N4O2/c1-18(2,3)29-17(28)27-11-19(12-27)5-13(6-19)4-15-7-25-16(8-24-15)26-9-14(10-26)20(21,22)23/h7-8,13-14H,4-6,9-12H2,1-3H3. The third-order valence-corrected chi connectivity index (χ3v) is 6.01. The van der Waals surface area contributed by atoms with Gasteiger partial charge in [0.25, 0.3) is 0 Å². The Morgan fingerprint density at radius 2 is 1.83 bits per heavy atom. The molecule has 4 rings (SSSR count). The first kappa shape index (κ1) is 20.2. The lowest BCUT2D eigenvalue weighted by Crippen LogP contribution is -2.64. The van der Waals surface area contributed by atoms with Crippen LogP contribution in [0.1, 0.15) is 39.3 Å². The largest absolute Gasteiger partial charge is 0.444 e. The summed E-state index contributed by atoms with van der Waals surface area (Å²) in [5.74, 6) is -0.251. The van der Waals surface area contributed by atoms with Crippen molar-refractivity contribution in [1.82, 2.24) is 14.9 Å². The molecule has 3 aliphatic rings. The number of anilines is 1. The first-order valence-electron chi connectivity index (χ1n) is 10.0. The monoisotopic (exact) mass is 412 g/mol. The molecule has 0 aromatic carbocycles. The summed E-state index contributed by atoms with van der Waals surface area (Å²) >= 11 is 0. The predicted octanol–water partition coefficient (Wildman–Crippen LogP) is 3.66. The number of alkyl halides is 3. The summed E-state index contributed by atoms with van der Waals surface area (Å²) in [5.41, 5.74) is 0.611. The summed E-state index contributed by atoms with van der Waals surface area (Å²) in [6.45, 7) is 7.00. The van der Waals surface area contributed by atoms with Crippen molar-refractivity contribution in [3.05, 3.63) is 18.1 Å². The summed E-state index contributed by atoms with van der Waals surface area (Å²) < 4.78 is 43.2. The minimum absolute atomic E-state index is 0.0448. The van der Waals surface area contributed by atoms with Gasteiger partial charge in [-0.15, -0.1) is 0 Å². The third-order valence-electron chi connectivity index (χ3n) is 6.01. The maximum Gasteiger partial charge on any atom is 0.410 e. The molecule has 160 valence electrons. The highest BCUT2D eigenvalue weighted by Crippen LogP contribution is 2.53. The van der Waals surface area contributed by atoms with E-state index < -0.39 is 17.7 Å². The molecule has 0 bridgehead atoms. The van der Waals surface area contributed by atoms with E-state index in [-0.39, 0.29) is 24.6 Å². The van der Waals surface area contributed by atoms with Gasteiger partial charge in [-0.05, 0) is 46.0 Å². The summed E-state index contributed by atoms with van der Waals surface area (Å²) in [4.78, 5) is 24.1. The van der Waals surface area contributed by atoms with E-state index in [1.165, 1.54) is 0 Å². The van der Waals surface area contributed by atoms with Gasteiger partial charge >= 0.3 is 12.3 Å². The number of amides is 1. The Kier molecular flexibility index (Phi) is 4.70. The summed E-state index contributed by atoms with van der Waals surface area (Å²) in [5, 5.41) is 0. The first-order chi connectivity index (χ1) is 13.4. The Morgan fingerprint density at radius 3 is 2.34 bits per heavy atom. The lowest BCUT2D eigenvalue weighted by Gasteiger charge is -2.58. The van der Waals surface area contributed by atoms with Crippen molar-refractivity contribution in [2.45, 2.75) is 51.8 Å². The van der Waals surface area contributed by atoms with E-state index in [9.17, 15) is 18.0 Å². The lowest BCUT2D eigenvalue weighted by atomic mass is 9.57. The summed E-state index contributed by atoms with van der Waals surface area (Å²) in [7, 11) is 0. The summed E-state index contributed by atoms with van der Waals surface area (Å²) in [6, 6.07) is 0. The predicted molar refractivity (Wildman–Crippen MR) is 100 cm³/mol. The van der Waals surface area contributed by atoms with Crippen LogP contribution in [-0.4, -0.2) is 58.9 Å². The van der Waals surface area contributed by atoms with Crippen LogP contribution in [0.5, 0.6) is 0 Å². The highest BCUT2D eigenvalue weighted by molar-refractivity contribution is 5.69. The molecule has 1 saturated carbocycles. The second-order valence-electron chi connectivity index (χ2n) is 9.82. The highest BCUT2D eigenvalue weighted by atomic mass is 19.4. The number of rotatable bonds is 3. The zero-order valence-electron chi connectivity index (χ0n) is 17.0. The average molecular weight is 412 g/mol. The van der Waals surface area contributed by atoms with E-state index in [0.717, 1.165) is 38.0 Å². The molecule has 29 heavy (non-hydrogen) atoms. The van der Waals surface area contributed by atoms with Crippen molar-refractivity contribution in [3.63, 3.8) is 0 Å². The number of carbonyl (C=O) groups excluding carboxylic acids is 1. The Bertz CT molecular complexity index is 755. The van der Waals surface area contributed by atoms with E-state index >= 15 is 0 Å². The minimum Gasteiger partial charge on any atom is -0.444 e. The van der Waals surface area contributed by atoms with Gasteiger partial charge in [0.05, 0.1) is 24.0 Å². The van der Waals surface area contributed by atoms with Gasteiger partial charge in [0.1, 0.15) is 11.4 Å². The Morgan fingerprint density at radius 1 is 1.17 bits per heavy atom. The van der Waals surface area contributed by atoms with E-state index in [2.05, 4.69) is 9.97 Å². The number of hydrogen-bond acceptors (Lipinski definition) is 5. The van der Waals surface area contributed by atoms with Crippen LogP contribution < -0.4 is 4.90 Å². The number of aromatic nitrogens is 2. The highest BCUT2D eigenvalue weighted by Gasteiger charge is 2.54. The van der Waals surface area contributed by atoms with Crippen LogP contribution in [-0.2, 0) is 11.2 Å². The van der Waals surface area contributed by atoms with Gasteiger partial charge in [0.15, 0.2) is 0 Å². The second-order valence-corrected chi connectivity index (χ2v) is 9.82. The fourth-order valence-electron chi connectivity index (χ4n) is 4.57. The normalized spacial score (nSPS) is 22.1. The van der Waals surface area contributed by atoms with Crippen LogP contribution in [0.15, 0.2) is 12.4 Å². The number of likely N-dealkylation sites (tertiary alicyclic amines) is 1. The van der Waals surface area contributed by atoms with Gasteiger partial charge in [-0.1, -0.05) is 0 Å². The molecule has 0 N–H and O–H groups in total. The van der Waals surface area contributed by atoms with Crippen LogP contribution in [0.3, 0.4) is 0 Å². The average Bonchev–Trinajstić information content (AvgIpc) is 2.44. The van der Waals surface area contributed by atoms with Gasteiger partial charge in [-0.3, -0.25) is 4.98 Å². The molecule has 1 aromatic rings. The number of halogens is 3. The fourth-order valence-corrected chi connectivity index (χ4v) is 4.57. The zero-order valence-corrected chi connectivity index (χ0v) is 17.0. The molecule has 0 unspecified atom stereocenters. The SMILES string of the molecule is CC(C)(C)OC(=O)N1CC2(CC(Cc3cnc(N4CC(C(F)(F)F)C4)cn3)C2)C1. The van der Waals surface area contributed by atoms with Gasteiger partial charge in [-0.25, -0.2) is 9.78 Å². The second kappa shape index (κ2) is 6.74. The molecule has 1 spiro atoms. The Balaban J connectivity index is 1.20. The smallest absolute Gasteiger partial charge is 0.410 e. The van der Waals surface area contributed by atoms with Crippen molar-refractivity contribution >= 4 is 11.9 Å². The third kappa shape index (κ3) is 4.28. The molecule has 6 nitrogen and oxygen atoms in total. The molecule has 1 aliphatic carbocycles. The van der Waals surface area contributed by atoms with Crippen molar-refractivity contribution in [2.24, 2.45) is 17.3 Å². The maximum absolute atomic E-state index is 12.6. The van der Waals surface area contributed by atoms with Crippen molar-refractivity contribution in [3.8, 4) is 0 Å². The molecule has 0 atom stereocenters. The molecule has 0 radical (unpaired) electrons. The molecule has 2 saturated heterocycles. The van der Waals surface area contributed by atoms with Crippen LogP contribution in [0.4, 0.5) is 23.8 Å². The molecule has 9 heteroatoms. The number of nitrogens with zero attached hydrogens (tertiary/aromatic N) is 4. The number of hydrogen-bond donors (Lipinski definition) is 0. The molecular formula is C20H27F3N4O2. The van der Waals surface area contributed by atoms with Crippen molar-refractivity contribution in [1.29, 1.82) is 0 Å². The molecule has 2 aliphatic heterocycles. The molecule has 3 fully saturated rings. The van der Waals surface area contributed by atoms with Crippen molar-refractivity contribution < 1.29 is 22.7 Å². The zero-order chi connectivity index (χ0) is 21.0. The molecular weight excluding hydrogens is 385 g/mol.